The monoisotopic (exact) mass is 426 g/mol. The van der Waals surface area contributed by atoms with Crippen molar-refractivity contribution in [3.05, 3.63) is 39.8 Å². The summed E-state index contributed by atoms with van der Waals surface area (Å²) in [5, 5.41) is 16.5. The Kier molecular flexibility index (Phi) is 4.94. The summed E-state index contributed by atoms with van der Waals surface area (Å²) in [5.41, 5.74) is -0.0803. The third-order valence-corrected chi connectivity index (χ3v) is 7.12. The Morgan fingerprint density at radius 3 is 2.67 bits per heavy atom. The minimum atomic E-state index is -0.666. The number of nitrogens with one attached hydrogen (secondary N) is 1. The number of anilines is 1. The lowest BCUT2D eigenvalue weighted by Gasteiger charge is -2.34. The standard InChI is InChI=1S/C23H27ClN4O2/c1-23(30)9-7-16(8-10-23)28-20-19(17-6-5-15(24)11-18(17)21(28)29)13-26-22(27-20)25-12-14-3-2-4-14/h5-6,11,13-14,16,30H,2-4,7-10,12H2,1H3,(H,25,26,27)/t16-,23-. The van der Waals surface area contributed by atoms with E-state index in [-0.39, 0.29) is 11.6 Å². The number of halogens is 1. The Balaban J connectivity index is 1.64. The second kappa shape index (κ2) is 7.50. The molecule has 6 nitrogen and oxygen atoms in total. The summed E-state index contributed by atoms with van der Waals surface area (Å²) in [5.74, 6) is 1.25. The second-order valence-corrected chi connectivity index (χ2v) is 9.64. The topological polar surface area (TPSA) is 80.0 Å². The minimum absolute atomic E-state index is 0.00186. The van der Waals surface area contributed by atoms with E-state index in [9.17, 15) is 9.90 Å². The highest BCUT2D eigenvalue weighted by Crippen LogP contribution is 2.36. The van der Waals surface area contributed by atoms with Gasteiger partial charge in [0.25, 0.3) is 5.56 Å². The van der Waals surface area contributed by atoms with Crippen LogP contribution in [0.1, 0.15) is 57.9 Å². The van der Waals surface area contributed by atoms with Crippen LogP contribution >= 0.6 is 11.6 Å². The van der Waals surface area contributed by atoms with E-state index in [0.29, 0.717) is 40.8 Å². The summed E-state index contributed by atoms with van der Waals surface area (Å²) >= 11 is 6.21. The summed E-state index contributed by atoms with van der Waals surface area (Å²) in [7, 11) is 0. The third-order valence-electron chi connectivity index (χ3n) is 6.89. The van der Waals surface area contributed by atoms with Gasteiger partial charge in [0.15, 0.2) is 0 Å². The van der Waals surface area contributed by atoms with E-state index in [1.807, 2.05) is 23.8 Å². The first-order valence-electron chi connectivity index (χ1n) is 10.9. The van der Waals surface area contributed by atoms with Crippen molar-refractivity contribution >= 4 is 39.4 Å². The maximum absolute atomic E-state index is 13.5. The van der Waals surface area contributed by atoms with Crippen molar-refractivity contribution < 1.29 is 5.11 Å². The molecule has 2 N–H and O–H groups in total. The van der Waals surface area contributed by atoms with Gasteiger partial charge in [-0.25, -0.2) is 4.98 Å². The molecule has 0 saturated heterocycles. The van der Waals surface area contributed by atoms with Crippen molar-refractivity contribution in [2.75, 3.05) is 11.9 Å². The van der Waals surface area contributed by atoms with Gasteiger partial charge in [-0.2, -0.15) is 4.98 Å². The fourth-order valence-electron chi connectivity index (χ4n) is 4.74. The fraction of sp³-hybridized carbons (Fsp3) is 0.522. The number of pyridine rings is 1. The summed E-state index contributed by atoms with van der Waals surface area (Å²) in [6.07, 6.45) is 8.42. The zero-order chi connectivity index (χ0) is 20.9. The fourth-order valence-corrected chi connectivity index (χ4v) is 4.91. The molecule has 0 aliphatic heterocycles. The molecule has 158 valence electrons. The van der Waals surface area contributed by atoms with E-state index >= 15 is 0 Å². The molecule has 2 aliphatic rings. The van der Waals surface area contributed by atoms with Crippen LogP contribution in [0.25, 0.3) is 21.8 Å². The number of aromatic nitrogens is 3. The van der Waals surface area contributed by atoms with Gasteiger partial charge in [0.2, 0.25) is 5.95 Å². The first-order valence-corrected chi connectivity index (χ1v) is 11.3. The van der Waals surface area contributed by atoms with E-state index < -0.39 is 5.60 Å². The summed E-state index contributed by atoms with van der Waals surface area (Å²) < 4.78 is 1.82. The van der Waals surface area contributed by atoms with Gasteiger partial charge in [0.05, 0.1) is 5.60 Å². The molecule has 7 heteroatoms. The Labute approximate surface area is 180 Å². The summed E-state index contributed by atoms with van der Waals surface area (Å²) in [6.45, 7) is 2.74. The van der Waals surface area contributed by atoms with Crippen molar-refractivity contribution in [2.45, 2.75) is 63.5 Å². The lowest BCUT2D eigenvalue weighted by molar-refractivity contribution is 0.0100. The van der Waals surface area contributed by atoms with E-state index in [0.717, 1.165) is 30.2 Å². The van der Waals surface area contributed by atoms with Gasteiger partial charge < -0.3 is 10.4 Å². The quantitative estimate of drug-likeness (QED) is 0.592. The molecule has 2 aliphatic carbocycles. The van der Waals surface area contributed by atoms with Crippen LogP contribution in [0.5, 0.6) is 0 Å². The van der Waals surface area contributed by atoms with Crippen molar-refractivity contribution in [3.63, 3.8) is 0 Å². The van der Waals surface area contributed by atoms with Crippen molar-refractivity contribution in [3.8, 4) is 0 Å². The SMILES string of the molecule is C[C@]1(O)CC[C@H](n2c(=O)c3cc(Cl)ccc3c3cnc(NCC4CCC4)nc32)CC1. The number of rotatable bonds is 4. The number of benzene rings is 1. The van der Waals surface area contributed by atoms with Gasteiger partial charge in [-0.05, 0) is 68.9 Å². The molecule has 0 atom stereocenters. The maximum atomic E-state index is 13.5. The molecule has 2 fully saturated rings. The number of nitrogens with zero attached hydrogens (tertiary/aromatic N) is 3. The zero-order valence-corrected chi connectivity index (χ0v) is 18.0. The molecular weight excluding hydrogens is 400 g/mol. The first-order chi connectivity index (χ1) is 14.4. The van der Waals surface area contributed by atoms with E-state index in [2.05, 4.69) is 10.3 Å². The molecule has 0 unspecified atom stereocenters. The molecule has 2 aromatic heterocycles. The number of hydrogen-bond donors (Lipinski definition) is 2. The predicted molar refractivity (Wildman–Crippen MR) is 120 cm³/mol. The van der Waals surface area contributed by atoms with E-state index in [1.54, 1.807) is 12.1 Å². The molecule has 0 amide bonds. The van der Waals surface area contributed by atoms with Crippen LogP contribution < -0.4 is 10.9 Å². The largest absolute Gasteiger partial charge is 0.390 e. The molecular formula is C23H27ClN4O2. The van der Waals surface area contributed by atoms with Gasteiger partial charge in [-0.3, -0.25) is 9.36 Å². The van der Waals surface area contributed by atoms with Crippen LogP contribution in [0.4, 0.5) is 5.95 Å². The highest BCUT2D eigenvalue weighted by molar-refractivity contribution is 6.31. The van der Waals surface area contributed by atoms with E-state index in [1.165, 1.54) is 19.3 Å². The average Bonchev–Trinajstić information content (AvgIpc) is 2.68. The smallest absolute Gasteiger partial charge is 0.260 e. The van der Waals surface area contributed by atoms with Gasteiger partial charge in [0, 0.05) is 34.6 Å². The van der Waals surface area contributed by atoms with E-state index in [4.69, 9.17) is 16.6 Å². The van der Waals surface area contributed by atoms with Gasteiger partial charge >= 0.3 is 0 Å². The van der Waals surface area contributed by atoms with Crippen molar-refractivity contribution in [2.24, 2.45) is 5.92 Å². The Hall–Kier alpha value is -2.18. The van der Waals surface area contributed by atoms with Gasteiger partial charge in [0.1, 0.15) is 5.65 Å². The summed E-state index contributed by atoms with van der Waals surface area (Å²) in [6, 6.07) is 5.41. The maximum Gasteiger partial charge on any atom is 0.260 e. The van der Waals surface area contributed by atoms with Gasteiger partial charge in [-0.1, -0.05) is 24.1 Å². The third kappa shape index (κ3) is 3.56. The average molecular weight is 427 g/mol. The van der Waals surface area contributed by atoms with Crippen molar-refractivity contribution in [1.82, 2.24) is 14.5 Å². The molecule has 30 heavy (non-hydrogen) atoms. The normalized spacial score (nSPS) is 24.8. The molecule has 5 rings (SSSR count). The van der Waals surface area contributed by atoms with Crippen LogP contribution in [0.3, 0.4) is 0 Å². The number of fused-ring (bicyclic) bond motifs is 3. The minimum Gasteiger partial charge on any atom is -0.390 e. The second-order valence-electron chi connectivity index (χ2n) is 9.20. The Morgan fingerprint density at radius 2 is 1.97 bits per heavy atom. The highest BCUT2D eigenvalue weighted by Gasteiger charge is 2.31. The van der Waals surface area contributed by atoms with Crippen LogP contribution in [0, 0.1) is 5.92 Å². The molecule has 0 radical (unpaired) electrons. The molecule has 3 aromatic rings. The first kappa shape index (κ1) is 19.8. The molecule has 2 heterocycles. The molecule has 0 spiro atoms. The summed E-state index contributed by atoms with van der Waals surface area (Å²) in [4.78, 5) is 22.9. The molecule has 2 saturated carbocycles. The number of hydrogen-bond acceptors (Lipinski definition) is 5. The zero-order valence-electron chi connectivity index (χ0n) is 17.2. The lowest BCUT2D eigenvalue weighted by Crippen LogP contribution is -2.35. The van der Waals surface area contributed by atoms with Crippen LogP contribution in [0.2, 0.25) is 5.02 Å². The van der Waals surface area contributed by atoms with Gasteiger partial charge in [-0.15, -0.1) is 0 Å². The molecule has 1 aromatic carbocycles. The van der Waals surface area contributed by atoms with Crippen molar-refractivity contribution in [1.29, 1.82) is 0 Å². The highest BCUT2D eigenvalue weighted by atomic mass is 35.5. The predicted octanol–water partition coefficient (Wildman–Crippen LogP) is 4.68. The van der Waals surface area contributed by atoms with Crippen LogP contribution in [-0.4, -0.2) is 31.8 Å². The Morgan fingerprint density at radius 1 is 1.20 bits per heavy atom. The molecule has 0 bridgehead atoms. The Bertz CT molecular complexity index is 1160. The van der Waals surface area contributed by atoms with Crippen LogP contribution in [-0.2, 0) is 0 Å². The lowest BCUT2D eigenvalue weighted by atomic mass is 9.83. The van der Waals surface area contributed by atoms with Crippen LogP contribution in [0.15, 0.2) is 29.2 Å². The number of aliphatic hydroxyl groups is 1.